The van der Waals surface area contributed by atoms with Gasteiger partial charge in [-0.15, -0.1) is 0 Å². The van der Waals surface area contributed by atoms with Crippen LogP contribution in [0.4, 0.5) is 5.69 Å². The number of nitrogens with two attached hydrogens (primary N) is 1. The van der Waals surface area contributed by atoms with Gasteiger partial charge in [-0.25, -0.2) is 4.68 Å². The molecule has 0 fully saturated rings. The SMILES string of the molecule is CCCOc1ncnc(Oc2cc(C)nn2C)c1N. The molecule has 0 bridgehead atoms. The standard InChI is InChI=1S/C12H17N5O2/c1-4-5-18-11-10(13)12(15-7-14-11)19-9-6-8(2)16-17(9)3/h6-7H,4-5,13H2,1-3H3. The molecule has 2 aromatic heterocycles. The van der Waals surface area contributed by atoms with Crippen molar-refractivity contribution in [3.63, 3.8) is 0 Å². The molecule has 0 aliphatic heterocycles. The fourth-order valence-corrected chi connectivity index (χ4v) is 1.54. The molecule has 2 rings (SSSR count). The van der Waals surface area contributed by atoms with E-state index in [0.29, 0.717) is 18.4 Å². The van der Waals surface area contributed by atoms with Gasteiger partial charge in [0.2, 0.25) is 11.8 Å². The van der Waals surface area contributed by atoms with Crippen molar-refractivity contribution in [3.05, 3.63) is 18.1 Å². The van der Waals surface area contributed by atoms with Gasteiger partial charge in [0.25, 0.3) is 5.88 Å². The molecule has 0 atom stereocenters. The smallest absolute Gasteiger partial charge is 0.251 e. The third-order valence-electron chi connectivity index (χ3n) is 2.41. The molecule has 0 aliphatic rings. The molecule has 102 valence electrons. The lowest BCUT2D eigenvalue weighted by Gasteiger charge is -2.10. The number of hydrogen-bond donors (Lipinski definition) is 1. The molecule has 0 amide bonds. The van der Waals surface area contributed by atoms with Gasteiger partial charge in [-0.3, -0.25) is 0 Å². The highest BCUT2D eigenvalue weighted by molar-refractivity contribution is 5.56. The zero-order chi connectivity index (χ0) is 13.8. The van der Waals surface area contributed by atoms with Gasteiger partial charge in [0.05, 0.1) is 12.3 Å². The zero-order valence-corrected chi connectivity index (χ0v) is 11.3. The summed E-state index contributed by atoms with van der Waals surface area (Å²) in [5, 5.41) is 4.19. The number of nitrogens with zero attached hydrogens (tertiary/aromatic N) is 4. The second kappa shape index (κ2) is 5.55. The third kappa shape index (κ3) is 2.93. The average Bonchev–Trinajstić information content (AvgIpc) is 2.69. The molecule has 2 N–H and O–H groups in total. The molecule has 7 heteroatoms. The number of ether oxygens (including phenoxy) is 2. The van der Waals surface area contributed by atoms with E-state index in [1.54, 1.807) is 17.8 Å². The summed E-state index contributed by atoms with van der Waals surface area (Å²) in [6.07, 6.45) is 2.24. The second-order valence-electron chi connectivity index (χ2n) is 4.10. The molecule has 0 unspecified atom stereocenters. The Morgan fingerprint density at radius 2 is 2.05 bits per heavy atom. The van der Waals surface area contributed by atoms with Crippen molar-refractivity contribution in [2.75, 3.05) is 12.3 Å². The van der Waals surface area contributed by atoms with Crippen LogP contribution in [0.1, 0.15) is 19.0 Å². The summed E-state index contributed by atoms with van der Waals surface area (Å²) < 4.78 is 12.7. The first-order valence-corrected chi connectivity index (χ1v) is 6.03. The van der Waals surface area contributed by atoms with Crippen molar-refractivity contribution in [3.8, 4) is 17.6 Å². The fraction of sp³-hybridized carbons (Fsp3) is 0.417. The molecule has 2 heterocycles. The highest BCUT2D eigenvalue weighted by Crippen LogP contribution is 2.30. The van der Waals surface area contributed by atoms with Crippen LogP contribution in [0.2, 0.25) is 0 Å². The van der Waals surface area contributed by atoms with Gasteiger partial charge in [0.15, 0.2) is 5.69 Å². The van der Waals surface area contributed by atoms with Crippen molar-refractivity contribution in [1.82, 2.24) is 19.7 Å². The van der Waals surface area contributed by atoms with E-state index in [1.165, 1.54) is 6.33 Å². The first kappa shape index (κ1) is 13.1. The first-order chi connectivity index (χ1) is 9.11. The number of aromatic nitrogens is 4. The van der Waals surface area contributed by atoms with Crippen molar-refractivity contribution in [1.29, 1.82) is 0 Å². The summed E-state index contributed by atoms with van der Waals surface area (Å²) in [6.45, 7) is 4.44. The highest BCUT2D eigenvalue weighted by atomic mass is 16.5. The Hall–Kier alpha value is -2.31. The molecule has 0 aliphatic carbocycles. The van der Waals surface area contributed by atoms with Gasteiger partial charge >= 0.3 is 0 Å². The van der Waals surface area contributed by atoms with Crippen LogP contribution in [0.5, 0.6) is 17.6 Å². The lowest BCUT2D eigenvalue weighted by molar-refractivity contribution is 0.304. The maximum Gasteiger partial charge on any atom is 0.251 e. The minimum absolute atomic E-state index is 0.268. The molecule has 0 saturated heterocycles. The monoisotopic (exact) mass is 263 g/mol. The molecule has 19 heavy (non-hydrogen) atoms. The van der Waals surface area contributed by atoms with Crippen molar-refractivity contribution >= 4 is 5.69 Å². The van der Waals surface area contributed by atoms with Crippen LogP contribution in [0.25, 0.3) is 0 Å². The van der Waals surface area contributed by atoms with Gasteiger partial charge in [0.1, 0.15) is 6.33 Å². The summed E-state index contributed by atoms with van der Waals surface area (Å²) in [6, 6.07) is 1.80. The van der Waals surface area contributed by atoms with Crippen LogP contribution in [-0.2, 0) is 7.05 Å². The minimum atomic E-state index is 0.268. The summed E-state index contributed by atoms with van der Waals surface area (Å²) in [5.41, 5.74) is 7.07. The number of aryl methyl sites for hydroxylation is 2. The molecular weight excluding hydrogens is 246 g/mol. The van der Waals surface area contributed by atoms with Crippen LogP contribution >= 0.6 is 0 Å². The lowest BCUT2D eigenvalue weighted by atomic mass is 10.4. The van der Waals surface area contributed by atoms with E-state index < -0.39 is 0 Å². The van der Waals surface area contributed by atoms with Crippen molar-refractivity contribution < 1.29 is 9.47 Å². The Morgan fingerprint density at radius 1 is 1.32 bits per heavy atom. The maximum absolute atomic E-state index is 5.92. The number of anilines is 1. The van der Waals surface area contributed by atoms with E-state index in [2.05, 4.69) is 15.1 Å². The molecule has 0 radical (unpaired) electrons. The van der Waals surface area contributed by atoms with Crippen LogP contribution in [-0.4, -0.2) is 26.4 Å². The molecule has 0 spiro atoms. The predicted octanol–water partition coefficient (Wildman–Crippen LogP) is 1.68. The molecule has 0 aromatic carbocycles. The first-order valence-electron chi connectivity index (χ1n) is 6.03. The van der Waals surface area contributed by atoms with Crippen LogP contribution < -0.4 is 15.2 Å². The van der Waals surface area contributed by atoms with Crippen LogP contribution in [0.3, 0.4) is 0 Å². The summed E-state index contributed by atoms with van der Waals surface area (Å²) in [7, 11) is 1.79. The van der Waals surface area contributed by atoms with E-state index in [4.69, 9.17) is 15.2 Å². The largest absolute Gasteiger partial charge is 0.476 e. The summed E-state index contributed by atoms with van der Waals surface area (Å²) in [4.78, 5) is 8.00. The number of rotatable bonds is 5. The molecular formula is C12H17N5O2. The van der Waals surface area contributed by atoms with Gasteiger partial charge in [-0.1, -0.05) is 6.92 Å². The average molecular weight is 263 g/mol. The second-order valence-corrected chi connectivity index (χ2v) is 4.10. The van der Waals surface area contributed by atoms with Crippen molar-refractivity contribution in [2.45, 2.75) is 20.3 Å². The van der Waals surface area contributed by atoms with Crippen LogP contribution in [0.15, 0.2) is 12.4 Å². The quantitative estimate of drug-likeness (QED) is 0.883. The topological polar surface area (TPSA) is 88.1 Å². The number of hydrogen-bond acceptors (Lipinski definition) is 6. The highest BCUT2D eigenvalue weighted by Gasteiger charge is 2.13. The maximum atomic E-state index is 5.92. The Kier molecular flexibility index (Phi) is 3.84. The molecule has 7 nitrogen and oxygen atoms in total. The predicted molar refractivity (Wildman–Crippen MR) is 70.2 cm³/mol. The number of nitrogen functional groups attached to an aromatic ring is 1. The van der Waals surface area contributed by atoms with Gasteiger partial charge in [-0.2, -0.15) is 15.1 Å². The Morgan fingerprint density at radius 3 is 2.68 bits per heavy atom. The summed E-state index contributed by atoms with van der Waals surface area (Å²) >= 11 is 0. The van der Waals surface area contributed by atoms with Gasteiger partial charge in [0, 0.05) is 13.1 Å². The molecule has 0 saturated carbocycles. The van der Waals surface area contributed by atoms with E-state index in [0.717, 1.165) is 12.1 Å². The van der Waals surface area contributed by atoms with E-state index >= 15 is 0 Å². The third-order valence-corrected chi connectivity index (χ3v) is 2.41. The van der Waals surface area contributed by atoms with Crippen LogP contribution in [0, 0.1) is 6.92 Å². The zero-order valence-electron chi connectivity index (χ0n) is 11.3. The van der Waals surface area contributed by atoms with E-state index in [-0.39, 0.29) is 11.6 Å². The normalized spacial score (nSPS) is 10.5. The Labute approximate surface area is 111 Å². The van der Waals surface area contributed by atoms with E-state index in [9.17, 15) is 0 Å². The fourth-order valence-electron chi connectivity index (χ4n) is 1.54. The Bertz CT molecular complexity index is 567. The Balaban J connectivity index is 2.23. The van der Waals surface area contributed by atoms with E-state index in [1.807, 2.05) is 13.8 Å². The lowest BCUT2D eigenvalue weighted by Crippen LogP contribution is -2.05. The van der Waals surface area contributed by atoms with Gasteiger partial charge in [-0.05, 0) is 13.3 Å². The van der Waals surface area contributed by atoms with Gasteiger partial charge < -0.3 is 15.2 Å². The summed E-state index contributed by atoms with van der Waals surface area (Å²) in [5.74, 6) is 1.17. The van der Waals surface area contributed by atoms with Crippen molar-refractivity contribution in [2.24, 2.45) is 7.05 Å². The minimum Gasteiger partial charge on any atom is -0.476 e. The molecule has 2 aromatic rings.